The van der Waals surface area contributed by atoms with Crippen LogP contribution in [-0.2, 0) is 0 Å². The van der Waals surface area contributed by atoms with Crippen molar-refractivity contribution in [2.24, 2.45) is 0 Å². The highest BCUT2D eigenvalue weighted by atomic mass is 15.0. The molecule has 0 amide bonds. The van der Waals surface area contributed by atoms with E-state index in [2.05, 4.69) is 30.3 Å². The maximum Gasteiger partial charge on any atom is 0.164 e. The van der Waals surface area contributed by atoms with Crippen LogP contribution in [0.5, 0.6) is 0 Å². The monoisotopic (exact) mass is 641 g/mol. The number of aromatic nitrogens is 6. The van der Waals surface area contributed by atoms with E-state index in [-0.39, 0.29) is 0 Å². The summed E-state index contributed by atoms with van der Waals surface area (Å²) in [5, 5.41) is 9.25. The molecule has 0 saturated heterocycles. The minimum absolute atomic E-state index is 0.544. The maximum atomic E-state index is 9.25. The normalized spacial score (nSPS) is 10.8. The van der Waals surface area contributed by atoms with Crippen molar-refractivity contribution in [1.82, 2.24) is 29.9 Å². The SMILES string of the molecule is N#Cc1ccc(-c2nc(-c3ccccc3)nc(-c3ccc(-c4ccc(-c5nc(-c6ccccc6)nc(-c6ccccc6)n5)cc4)cc3)n2)cc1. The summed E-state index contributed by atoms with van der Waals surface area (Å²) < 4.78 is 0. The van der Waals surface area contributed by atoms with Crippen LogP contribution in [0.3, 0.4) is 0 Å². The molecular weight excluding hydrogens is 615 g/mol. The van der Waals surface area contributed by atoms with Gasteiger partial charge in [-0.1, -0.05) is 140 Å². The molecule has 0 spiro atoms. The first kappa shape index (κ1) is 30.2. The van der Waals surface area contributed by atoms with Crippen molar-refractivity contribution in [1.29, 1.82) is 5.26 Å². The molecule has 7 nitrogen and oxygen atoms in total. The van der Waals surface area contributed by atoms with E-state index < -0.39 is 0 Å². The maximum absolute atomic E-state index is 9.25. The van der Waals surface area contributed by atoms with Gasteiger partial charge in [-0.2, -0.15) is 5.26 Å². The zero-order valence-corrected chi connectivity index (χ0v) is 26.7. The lowest BCUT2D eigenvalue weighted by Gasteiger charge is -2.10. The highest BCUT2D eigenvalue weighted by Crippen LogP contribution is 2.30. The Balaban J connectivity index is 1.11. The Morgan fingerprint density at radius 2 is 0.480 bits per heavy atom. The second-order valence-corrected chi connectivity index (χ2v) is 11.6. The Morgan fingerprint density at radius 1 is 0.260 bits per heavy atom. The van der Waals surface area contributed by atoms with Crippen LogP contribution >= 0.6 is 0 Å². The molecule has 0 fully saturated rings. The molecule has 0 radical (unpaired) electrons. The first-order chi connectivity index (χ1) is 24.7. The Kier molecular flexibility index (Phi) is 8.16. The minimum atomic E-state index is 0.544. The van der Waals surface area contributed by atoms with Crippen LogP contribution in [0, 0.1) is 11.3 Å². The Bertz CT molecular complexity index is 2380. The number of nitrogens with zero attached hydrogens (tertiary/aromatic N) is 7. The molecular formula is C43H27N7. The highest BCUT2D eigenvalue weighted by molar-refractivity contribution is 5.73. The van der Waals surface area contributed by atoms with Crippen molar-refractivity contribution < 1.29 is 0 Å². The number of rotatable bonds is 7. The number of benzene rings is 6. The van der Waals surface area contributed by atoms with Gasteiger partial charge in [0.05, 0.1) is 11.6 Å². The molecule has 50 heavy (non-hydrogen) atoms. The van der Waals surface area contributed by atoms with Gasteiger partial charge < -0.3 is 0 Å². The lowest BCUT2D eigenvalue weighted by atomic mass is 10.0. The summed E-state index contributed by atoms with van der Waals surface area (Å²) >= 11 is 0. The quantitative estimate of drug-likeness (QED) is 0.171. The smallest absolute Gasteiger partial charge is 0.164 e. The fraction of sp³-hybridized carbons (Fsp3) is 0. The summed E-state index contributed by atoms with van der Waals surface area (Å²) in [5.74, 6) is 3.57. The number of hydrogen-bond acceptors (Lipinski definition) is 7. The predicted octanol–water partition coefficient (Wildman–Crippen LogP) is 9.60. The van der Waals surface area contributed by atoms with Crippen LogP contribution in [0.25, 0.3) is 79.5 Å². The largest absolute Gasteiger partial charge is 0.208 e. The van der Waals surface area contributed by atoms with E-state index in [1.807, 2.05) is 127 Å². The van der Waals surface area contributed by atoms with Crippen molar-refractivity contribution >= 4 is 0 Å². The van der Waals surface area contributed by atoms with Gasteiger partial charge in [-0.15, -0.1) is 0 Å². The van der Waals surface area contributed by atoms with Gasteiger partial charge in [-0.3, -0.25) is 0 Å². The van der Waals surface area contributed by atoms with E-state index in [1.165, 1.54) is 0 Å². The van der Waals surface area contributed by atoms with E-state index in [1.54, 1.807) is 12.1 Å². The van der Waals surface area contributed by atoms with Gasteiger partial charge >= 0.3 is 0 Å². The third-order valence-electron chi connectivity index (χ3n) is 8.26. The van der Waals surface area contributed by atoms with E-state index in [0.717, 1.165) is 44.5 Å². The van der Waals surface area contributed by atoms with Crippen LogP contribution in [0.4, 0.5) is 0 Å². The zero-order valence-electron chi connectivity index (χ0n) is 26.7. The van der Waals surface area contributed by atoms with Gasteiger partial charge in [0.25, 0.3) is 0 Å². The molecule has 6 aromatic carbocycles. The summed E-state index contributed by atoms with van der Waals surface area (Å²) in [5.41, 5.74) is 8.03. The molecule has 2 heterocycles. The second kappa shape index (κ2) is 13.5. The Morgan fingerprint density at radius 3 is 0.740 bits per heavy atom. The first-order valence-corrected chi connectivity index (χ1v) is 16.1. The Hall–Kier alpha value is -7.17. The third kappa shape index (κ3) is 6.37. The molecule has 8 aromatic rings. The first-order valence-electron chi connectivity index (χ1n) is 16.1. The molecule has 0 aliphatic heterocycles. The topological polar surface area (TPSA) is 101 Å². The summed E-state index contributed by atoms with van der Waals surface area (Å²) in [6.45, 7) is 0. The van der Waals surface area contributed by atoms with Crippen molar-refractivity contribution in [2.75, 3.05) is 0 Å². The van der Waals surface area contributed by atoms with Crippen LogP contribution in [-0.4, -0.2) is 29.9 Å². The van der Waals surface area contributed by atoms with Gasteiger partial charge in [-0.25, -0.2) is 29.9 Å². The fourth-order valence-corrected chi connectivity index (χ4v) is 5.61. The predicted molar refractivity (Wildman–Crippen MR) is 196 cm³/mol. The molecule has 0 N–H and O–H groups in total. The average molecular weight is 642 g/mol. The van der Waals surface area contributed by atoms with Crippen molar-refractivity contribution in [3.05, 3.63) is 169 Å². The number of hydrogen-bond donors (Lipinski definition) is 0. The van der Waals surface area contributed by atoms with E-state index >= 15 is 0 Å². The van der Waals surface area contributed by atoms with E-state index in [9.17, 15) is 5.26 Å². The van der Waals surface area contributed by atoms with E-state index in [0.29, 0.717) is 40.5 Å². The molecule has 234 valence electrons. The summed E-state index contributed by atoms with van der Waals surface area (Å²) in [6, 6.07) is 55.7. The number of nitriles is 1. The van der Waals surface area contributed by atoms with Gasteiger partial charge in [0.2, 0.25) is 0 Å². The fourth-order valence-electron chi connectivity index (χ4n) is 5.61. The molecule has 0 bridgehead atoms. The molecule has 0 aliphatic rings. The van der Waals surface area contributed by atoms with Crippen LogP contribution in [0.2, 0.25) is 0 Å². The summed E-state index contributed by atoms with van der Waals surface area (Å²) in [6.07, 6.45) is 0. The summed E-state index contributed by atoms with van der Waals surface area (Å²) in [7, 11) is 0. The van der Waals surface area contributed by atoms with Crippen molar-refractivity contribution in [3.63, 3.8) is 0 Å². The lowest BCUT2D eigenvalue weighted by molar-refractivity contribution is 1.07. The van der Waals surface area contributed by atoms with Gasteiger partial charge in [0.15, 0.2) is 34.9 Å². The lowest BCUT2D eigenvalue weighted by Crippen LogP contribution is -2.00. The molecule has 2 aromatic heterocycles. The third-order valence-corrected chi connectivity index (χ3v) is 8.26. The van der Waals surface area contributed by atoms with Crippen LogP contribution in [0.15, 0.2) is 164 Å². The highest BCUT2D eigenvalue weighted by Gasteiger charge is 2.14. The van der Waals surface area contributed by atoms with Crippen LogP contribution < -0.4 is 0 Å². The molecule has 0 atom stereocenters. The molecule has 0 unspecified atom stereocenters. The van der Waals surface area contributed by atoms with Gasteiger partial charge in [0, 0.05) is 33.4 Å². The van der Waals surface area contributed by atoms with Crippen molar-refractivity contribution in [3.8, 4) is 85.5 Å². The summed E-state index contributed by atoms with van der Waals surface area (Å²) in [4.78, 5) is 29.0. The molecule has 0 aliphatic carbocycles. The average Bonchev–Trinajstić information content (AvgIpc) is 3.21. The van der Waals surface area contributed by atoms with E-state index in [4.69, 9.17) is 29.9 Å². The van der Waals surface area contributed by atoms with Gasteiger partial charge in [-0.05, 0) is 35.4 Å². The minimum Gasteiger partial charge on any atom is -0.208 e. The van der Waals surface area contributed by atoms with Gasteiger partial charge in [0.1, 0.15) is 0 Å². The Labute approximate surface area is 289 Å². The van der Waals surface area contributed by atoms with Crippen molar-refractivity contribution in [2.45, 2.75) is 0 Å². The molecule has 8 rings (SSSR count). The van der Waals surface area contributed by atoms with Crippen LogP contribution in [0.1, 0.15) is 5.56 Å². The molecule has 7 heteroatoms. The second-order valence-electron chi connectivity index (χ2n) is 11.6. The zero-order chi connectivity index (χ0) is 33.7. The standard InChI is InChI=1S/C43H27N7/c44-28-29-16-18-35(19-17-29)41-46-40(34-14-8-3-9-15-34)49-43(50-41)37-26-22-31(23-27-37)30-20-24-36(25-21-30)42-47-38(32-10-4-1-5-11-32)45-39(48-42)33-12-6-2-7-13-33/h1-27H. The molecule has 0 saturated carbocycles.